The highest BCUT2D eigenvalue weighted by molar-refractivity contribution is 6.32. The number of carboxylic acids is 1. The molecule has 12 heteroatoms. The van der Waals surface area contributed by atoms with E-state index in [2.05, 4.69) is 10.4 Å². The zero-order chi connectivity index (χ0) is 23.6. The zero-order valence-electron chi connectivity index (χ0n) is 15.9. The number of carboxylic acid groups (broad SMARTS) is 1. The molecule has 0 radical (unpaired) electrons. The lowest BCUT2D eigenvalue weighted by Crippen LogP contribution is -2.31. The van der Waals surface area contributed by atoms with Crippen LogP contribution in [-0.4, -0.2) is 31.9 Å². The summed E-state index contributed by atoms with van der Waals surface area (Å²) in [4.78, 5) is 24.0. The van der Waals surface area contributed by atoms with Gasteiger partial charge in [-0.2, -0.15) is 23.0 Å². The van der Waals surface area contributed by atoms with Gasteiger partial charge < -0.3 is 15.5 Å². The van der Waals surface area contributed by atoms with E-state index in [1.54, 1.807) is 12.1 Å². The van der Waals surface area contributed by atoms with Crippen molar-refractivity contribution in [2.45, 2.75) is 18.6 Å². The van der Waals surface area contributed by atoms with E-state index in [0.717, 1.165) is 22.9 Å². The minimum Gasteiger partial charge on any atom is -0.493 e. The van der Waals surface area contributed by atoms with E-state index in [0.29, 0.717) is 0 Å². The second-order valence-electron chi connectivity index (χ2n) is 6.58. The van der Waals surface area contributed by atoms with Crippen LogP contribution in [-0.2, 0) is 11.0 Å². The maximum atomic E-state index is 13.2. The van der Waals surface area contributed by atoms with Crippen molar-refractivity contribution in [1.29, 1.82) is 0 Å². The molecular formula is C20H14Cl2F3N3O4. The van der Waals surface area contributed by atoms with E-state index in [1.165, 1.54) is 18.2 Å². The quantitative estimate of drug-likeness (QED) is 0.460. The molecule has 0 fully saturated rings. The number of aromatic hydroxyl groups is 1. The number of carbonyl (C=O) groups is 2. The number of rotatable bonds is 6. The lowest BCUT2D eigenvalue weighted by atomic mass is 10.0. The minimum atomic E-state index is -4.77. The van der Waals surface area contributed by atoms with Crippen molar-refractivity contribution < 1.29 is 33.0 Å². The molecule has 0 aliphatic carbocycles. The Bertz CT molecular complexity index is 1180. The van der Waals surface area contributed by atoms with Crippen molar-refractivity contribution in [1.82, 2.24) is 15.1 Å². The molecule has 0 bridgehead atoms. The monoisotopic (exact) mass is 487 g/mol. The summed E-state index contributed by atoms with van der Waals surface area (Å²) in [5.41, 5.74) is -1.44. The highest BCUT2D eigenvalue weighted by atomic mass is 35.5. The fourth-order valence-corrected chi connectivity index (χ4v) is 3.55. The summed E-state index contributed by atoms with van der Waals surface area (Å²) in [6.07, 6.45) is -5.52. The molecule has 3 N–H and O–H groups in total. The molecule has 2 aromatic carbocycles. The molecular weight excluding hydrogens is 474 g/mol. The van der Waals surface area contributed by atoms with Gasteiger partial charge in [-0.15, -0.1) is 0 Å². The number of benzene rings is 2. The van der Waals surface area contributed by atoms with Crippen molar-refractivity contribution in [3.8, 4) is 11.6 Å². The number of amides is 1. The largest absolute Gasteiger partial charge is 0.493 e. The lowest BCUT2D eigenvalue weighted by molar-refractivity contribution is -0.138. The summed E-state index contributed by atoms with van der Waals surface area (Å²) in [7, 11) is 0. The number of carbonyl (C=O) groups excluding carboxylic acids is 1. The second kappa shape index (κ2) is 9.09. The summed E-state index contributed by atoms with van der Waals surface area (Å²) in [6.45, 7) is 0. The summed E-state index contributed by atoms with van der Waals surface area (Å²) >= 11 is 12.0. The number of halogens is 5. The molecule has 168 valence electrons. The number of para-hydroxylation sites is 1. The van der Waals surface area contributed by atoms with Crippen LogP contribution in [0.15, 0.2) is 48.5 Å². The highest BCUT2D eigenvalue weighted by Crippen LogP contribution is 2.38. The SMILES string of the molecule is O=C(O)CC(NC(=O)c1cc(O)n(-c2ccccc2Cl)n1)c1cccc(C(F)(F)F)c1Cl. The first-order valence-corrected chi connectivity index (χ1v) is 9.66. The number of hydrogen-bond donors (Lipinski definition) is 3. The van der Waals surface area contributed by atoms with E-state index < -0.39 is 47.0 Å². The fourth-order valence-electron chi connectivity index (χ4n) is 2.97. The molecule has 1 aromatic heterocycles. The first-order chi connectivity index (χ1) is 15.0. The second-order valence-corrected chi connectivity index (χ2v) is 7.37. The van der Waals surface area contributed by atoms with Crippen molar-refractivity contribution in [3.05, 3.63) is 75.4 Å². The van der Waals surface area contributed by atoms with E-state index in [1.807, 2.05) is 0 Å². The summed E-state index contributed by atoms with van der Waals surface area (Å²) < 4.78 is 40.5. The molecule has 0 aliphatic rings. The van der Waals surface area contributed by atoms with Gasteiger partial charge in [0.2, 0.25) is 5.88 Å². The molecule has 32 heavy (non-hydrogen) atoms. The molecule has 1 amide bonds. The Kier molecular flexibility index (Phi) is 6.65. The van der Waals surface area contributed by atoms with Crippen LogP contribution >= 0.6 is 23.2 Å². The third-order valence-electron chi connectivity index (χ3n) is 4.40. The van der Waals surface area contributed by atoms with Crippen LogP contribution in [0.3, 0.4) is 0 Å². The fraction of sp³-hybridized carbons (Fsp3) is 0.150. The van der Waals surface area contributed by atoms with Crippen molar-refractivity contribution in [2.75, 3.05) is 0 Å². The first kappa shape index (κ1) is 23.4. The van der Waals surface area contributed by atoms with Gasteiger partial charge >= 0.3 is 12.1 Å². The summed E-state index contributed by atoms with van der Waals surface area (Å²) in [5, 5.41) is 25.1. The Hall–Kier alpha value is -3.24. The number of hydrogen-bond acceptors (Lipinski definition) is 4. The Morgan fingerprint density at radius 2 is 1.81 bits per heavy atom. The van der Waals surface area contributed by atoms with Gasteiger partial charge in [-0.3, -0.25) is 9.59 Å². The third-order valence-corrected chi connectivity index (χ3v) is 5.14. The van der Waals surface area contributed by atoms with Gasteiger partial charge in [-0.25, -0.2) is 0 Å². The Morgan fingerprint density at radius 1 is 1.12 bits per heavy atom. The maximum Gasteiger partial charge on any atom is 0.417 e. The molecule has 0 aliphatic heterocycles. The topological polar surface area (TPSA) is 104 Å². The van der Waals surface area contributed by atoms with Crippen molar-refractivity contribution >= 4 is 35.1 Å². The van der Waals surface area contributed by atoms with E-state index in [4.69, 9.17) is 23.2 Å². The van der Waals surface area contributed by atoms with Crippen molar-refractivity contribution in [2.24, 2.45) is 0 Å². The van der Waals surface area contributed by atoms with Gasteiger partial charge in [-0.05, 0) is 23.8 Å². The van der Waals surface area contributed by atoms with Crippen molar-refractivity contribution in [3.63, 3.8) is 0 Å². The normalized spacial score (nSPS) is 12.4. The lowest BCUT2D eigenvalue weighted by Gasteiger charge is -2.20. The van der Waals surface area contributed by atoms with Gasteiger partial charge in [0.25, 0.3) is 5.91 Å². The number of aliphatic carboxylic acids is 1. The number of nitrogens with one attached hydrogen (secondary N) is 1. The van der Waals surface area contributed by atoms with Gasteiger partial charge in [0.15, 0.2) is 5.69 Å². The van der Waals surface area contributed by atoms with Gasteiger partial charge in [-0.1, -0.05) is 47.5 Å². The predicted molar refractivity (Wildman–Crippen MR) is 109 cm³/mol. The average Bonchev–Trinajstić information content (AvgIpc) is 3.08. The molecule has 1 unspecified atom stereocenters. The molecule has 7 nitrogen and oxygen atoms in total. The standard InChI is InChI=1S/C20H14Cl2F3N3O4/c21-12-6-1-2-7-15(12)28-16(29)8-14(27-28)19(32)26-13(9-17(30)31)10-4-3-5-11(18(10)22)20(23,24)25/h1-8,13,29H,9H2,(H,26,32)(H,30,31). The molecule has 3 aromatic rings. The van der Waals surface area contributed by atoms with Gasteiger partial charge in [0.1, 0.15) is 0 Å². The van der Waals surface area contributed by atoms with E-state index in [-0.39, 0.29) is 22.0 Å². The predicted octanol–water partition coefficient (Wildman–Crippen LogP) is 4.85. The molecule has 0 spiro atoms. The minimum absolute atomic E-state index is 0.230. The summed E-state index contributed by atoms with van der Waals surface area (Å²) in [5.74, 6) is -2.76. The zero-order valence-corrected chi connectivity index (χ0v) is 17.4. The molecule has 1 heterocycles. The Labute approximate surface area is 189 Å². The molecule has 0 saturated carbocycles. The highest BCUT2D eigenvalue weighted by Gasteiger charge is 2.35. The Balaban J connectivity index is 1.95. The first-order valence-electron chi connectivity index (χ1n) is 8.91. The van der Waals surface area contributed by atoms with Gasteiger partial charge in [0, 0.05) is 6.07 Å². The van der Waals surface area contributed by atoms with Crippen LogP contribution in [0.5, 0.6) is 5.88 Å². The molecule has 0 saturated heterocycles. The van der Waals surface area contributed by atoms with Crippen LogP contribution in [0, 0.1) is 0 Å². The van der Waals surface area contributed by atoms with Gasteiger partial charge in [0.05, 0.1) is 33.8 Å². The maximum absolute atomic E-state index is 13.2. The van der Waals surface area contributed by atoms with Crippen LogP contribution in [0.1, 0.15) is 34.1 Å². The number of alkyl halides is 3. The third kappa shape index (κ3) is 4.97. The van der Waals surface area contributed by atoms with Crippen LogP contribution < -0.4 is 5.32 Å². The van der Waals surface area contributed by atoms with E-state index >= 15 is 0 Å². The summed E-state index contributed by atoms with van der Waals surface area (Å²) in [6, 6.07) is 8.94. The average molecular weight is 488 g/mol. The Morgan fingerprint density at radius 3 is 2.44 bits per heavy atom. The van der Waals surface area contributed by atoms with Crippen LogP contribution in [0.4, 0.5) is 13.2 Å². The number of nitrogens with zero attached hydrogens (tertiary/aromatic N) is 2. The molecule has 3 rings (SSSR count). The van der Waals surface area contributed by atoms with Crippen LogP contribution in [0.25, 0.3) is 5.69 Å². The molecule has 1 atom stereocenters. The number of aromatic nitrogens is 2. The smallest absolute Gasteiger partial charge is 0.417 e. The van der Waals surface area contributed by atoms with E-state index in [9.17, 15) is 33.0 Å². The van der Waals surface area contributed by atoms with Crippen LogP contribution in [0.2, 0.25) is 10.0 Å².